The van der Waals surface area contributed by atoms with E-state index >= 15 is 0 Å². The first-order chi connectivity index (χ1) is 7.00. The van der Waals surface area contributed by atoms with Crippen LogP contribution >= 0.6 is 0 Å². The Morgan fingerprint density at radius 3 is 2.60 bits per heavy atom. The van der Waals surface area contributed by atoms with E-state index in [0.29, 0.717) is 11.3 Å². The first kappa shape index (κ1) is 12.5. The van der Waals surface area contributed by atoms with Crippen LogP contribution in [0.25, 0.3) is 0 Å². The second-order valence-corrected chi connectivity index (χ2v) is 5.72. The number of carbonyl (C=O) groups excluding carboxylic acids is 1. The molecule has 0 aromatic rings. The number of unbranched alkanes of at least 4 members (excludes halogenated alkanes) is 1. The van der Waals surface area contributed by atoms with E-state index < -0.39 is 0 Å². The molecular weight excluding hydrogens is 184 g/mol. The highest BCUT2D eigenvalue weighted by Gasteiger charge is 2.33. The molecule has 0 spiro atoms. The molecule has 0 aromatic carbocycles. The Bertz CT molecular complexity index is 261. The molecule has 1 aliphatic carbocycles. The van der Waals surface area contributed by atoms with Gasteiger partial charge in [0.1, 0.15) is 6.29 Å². The summed E-state index contributed by atoms with van der Waals surface area (Å²) in [5.41, 5.74) is 2.92. The fourth-order valence-electron chi connectivity index (χ4n) is 2.81. The summed E-state index contributed by atoms with van der Waals surface area (Å²) < 4.78 is 0. The lowest BCUT2D eigenvalue weighted by Gasteiger charge is -2.15. The highest BCUT2D eigenvalue weighted by atomic mass is 16.1. The van der Waals surface area contributed by atoms with E-state index in [0.717, 1.165) is 31.1 Å². The van der Waals surface area contributed by atoms with Crippen LogP contribution in [-0.4, -0.2) is 6.29 Å². The van der Waals surface area contributed by atoms with Gasteiger partial charge in [-0.2, -0.15) is 0 Å². The Labute approximate surface area is 93.9 Å². The van der Waals surface area contributed by atoms with Crippen LogP contribution in [0.1, 0.15) is 59.8 Å². The SMILES string of the molecule is CCCCC(C=O)=C1CC(C)(C)CC1C. The van der Waals surface area contributed by atoms with Crippen LogP contribution in [0, 0.1) is 11.3 Å². The molecule has 15 heavy (non-hydrogen) atoms. The quantitative estimate of drug-likeness (QED) is 0.501. The highest BCUT2D eigenvalue weighted by molar-refractivity contribution is 5.75. The van der Waals surface area contributed by atoms with Gasteiger partial charge in [0.25, 0.3) is 0 Å². The van der Waals surface area contributed by atoms with E-state index in [9.17, 15) is 4.79 Å². The van der Waals surface area contributed by atoms with Crippen molar-refractivity contribution >= 4 is 6.29 Å². The van der Waals surface area contributed by atoms with Crippen molar-refractivity contribution in [1.82, 2.24) is 0 Å². The van der Waals surface area contributed by atoms with Gasteiger partial charge < -0.3 is 0 Å². The molecule has 1 atom stereocenters. The van der Waals surface area contributed by atoms with E-state index in [-0.39, 0.29) is 0 Å². The summed E-state index contributed by atoms with van der Waals surface area (Å²) in [6.07, 6.45) is 6.74. The largest absolute Gasteiger partial charge is 0.298 e. The van der Waals surface area contributed by atoms with Gasteiger partial charge >= 0.3 is 0 Å². The zero-order valence-corrected chi connectivity index (χ0v) is 10.6. The number of hydrogen-bond acceptors (Lipinski definition) is 1. The van der Waals surface area contributed by atoms with Crippen LogP contribution < -0.4 is 0 Å². The van der Waals surface area contributed by atoms with Crippen molar-refractivity contribution in [2.45, 2.75) is 59.8 Å². The molecule has 1 unspecified atom stereocenters. The lowest BCUT2D eigenvalue weighted by Crippen LogP contribution is -2.03. The molecule has 0 N–H and O–H groups in total. The van der Waals surface area contributed by atoms with Crippen molar-refractivity contribution < 1.29 is 4.79 Å². The molecule has 0 aliphatic heterocycles. The molecule has 86 valence electrons. The molecule has 0 heterocycles. The Morgan fingerprint density at radius 2 is 2.20 bits per heavy atom. The third-order valence-corrected chi connectivity index (χ3v) is 3.48. The van der Waals surface area contributed by atoms with Crippen LogP contribution in [0.4, 0.5) is 0 Å². The molecular formula is C14H24O. The van der Waals surface area contributed by atoms with Crippen molar-refractivity contribution in [1.29, 1.82) is 0 Å². The van der Waals surface area contributed by atoms with Crippen LogP contribution in [0.15, 0.2) is 11.1 Å². The zero-order valence-electron chi connectivity index (χ0n) is 10.6. The fraction of sp³-hybridized carbons (Fsp3) is 0.786. The third kappa shape index (κ3) is 3.19. The summed E-state index contributed by atoms with van der Waals surface area (Å²) in [5.74, 6) is 0.608. The molecule has 1 saturated carbocycles. The Kier molecular flexibility index (Phi) is 4.12. The number of hydrogen-bond donors (Lipinski definition) is 0. The van der Waals surface area contributed by atoms with Gasteiger partial charge in [-0.1, -0.05) is 39.7 Å². The van der Waals surface area contributed by atoms with E-state index in [1.54, 1.807) is 0 Å². The number of carbonyl (C=O) groups is 1. The summed E-state index contributed by atoms with van der Waals surface area (Å²) in [5, 5.41) is 0. The Balaban J connectivity index is 2.81. The predicted octanol–water partition coefficient (Wildman–Crippen LogP) is 4.13. The summed E-state index contributed by atoms with van der Waals surface area (Å²) >= 11 is 0. The molecule has 0 aromatic heterocycles. The van der Waals surface area contributed by atoms with Gasteiger partial charge in [0, 0.05) is 0 Å². The van der Waals surface area contributed by atoms with Gasteiger partial charge in [0.15, 0.2) is 0 Å². The predicted molar refractivity (Wildman–Crippen MR) is 64.8 cm³/mol. The first-order valence-electron chi connectivity index (χ1n) is 6.17. The summed E-state index contributed by atoms with van der Waals surface area (Å²) in [6, 6.07) is 0. The van der Waals surface area contributed by atoms with Gasteiger partial charge in [-0.15, -0.1) is 0 Å². The van der Waals surface area contributed by atoms with Crippen LogP contribution in [0.3, 0.4) is 0 Å². The van der Waals surface area contributed by atoms with Crippen LogP contribution in [0.2, 0.25) is 0 Å². The second kappa shape index (κ2) is 4.96. The molecule has 1 rings (SSSR count). The van der Waals surface area contributed by atoms with Gasteiger partial charge in [-0.25, -0.2) is 0 Å². The summed E-state index contributed by atoms with van der Waals surface area (Å²) in [7, 11) is 0. The number of allylic oxidation sites excluding steroid dienone is 2. The molecule has 1 aliphatic rings. The minimum Gasteiger partial charge on any atom is -0.298 e. The zero-order chi connectivity index (χ0) is 11.5. The average molecular weight is 208 g/mol. The lowest BCUT2D eigenvalue weighted by atomic mass is 9.90. The van der Waals surface area contributed by atoms with Crippen LogP contribution in [-0.2, 0) is 4.79 Å². The number of aldehydes is 1. The standard InChI is InChI=1S/C14H24O/c1-5-6-7-12(10-15)13-9-14(3,4)8-11(13)2/h10-11H,5-9H2,1-4H3. The van der Waals surface area contributed by atoms with E-state index in [2.05, 4.69) is 27.7 Å². The smallest absolute Gasteiger partial charge is 0.145 e. The molecule has 0 bridgehead atoms. The third-order valence-electron chi connectivity index (χ3n) is 3.48. The van der Waals surface area contributed by atoms with E-state index in [1.165, 1.54) is 18.4 Å². The summed E-state index contributed by atoms with van der Waals surface area (Å²) in [6.45, 7) is 9.05. The monoisotopic (exact) mass is 208 g/mol. The van der Waals surface area contributed by atoms with Crippen molar-refractivity contribution in [2.75, 3.05) is 0 Å². The minimum atomic E-state index is 0.398. The Morgan fingerprint density at radius 1 is 1.53 bits per heavy atom. The van der Waals surface area contributed by atoms with Gasteiger partial charge in [0.05, 0.1) is 0 Å². The molecule has 0 radical (unpaired) electrons. The fourth-order valence-corrected chi connectivity index (χ4v) is 2.81. The van der Waals surface area contributed by atoms with Crippen molar-refractivity contribution in [3.8, 4) is 0 Å². The lowest BCUT2D eigenvalue weighted by molar-refractivity contribution is -0.105. The normalized spacial score (nSPS) is 27.9. The molecule has 0 amide bonds. The molecule has 1 fully saturated rings. The number of rotatable bonds is 4. The van der Waals surface area contributed by atoms with Gasteiger partial charge in [-0.05, 0) is 42.6 Å². The maximum absolute atomic E-state index is 11.1. The van der Waals surface area contributed by atoms with Crippen molar-refractivity contribution in [2.24, 2.45) is 11.3 Å². The van der Waals surface area contributed by atoms with Gasteiger partial charge in [-0.3, -0.25) is 4.79 Å². The molecule has 1 nitrogen and oxygen atoms in total. The average Bonchev–Trinajstić information content (AvgIpc) is 2.42. The van der Waals surface area contributed by atoms with Crippen LogP contribution in [0.5, 0.6) is 0 Å². The van der Waals surface area contributed by atoms with E-state index in [1.807, 2.05) is 0 Å². The maximum atomic E-state index is 11.1. The second-order valence-electron chi connectivity index (χ2n) is 5.72. The van der Waals surface area contributed by atoms with Gasteiger partial charge in [0.2, 0.25) is 0 Å². The Hall–Kier alpha value is -0.590. The molecule has 0 saturated heterocycles. The summed E-state index contributed by atoms with van der Waals surface area (Å²) in [4.78, 5) is 11.1. The maximum Gasteiger partial charge on any atom is 0.145 e. The topological polar surface area (TPSA) is 17.1 Å². The van der Waals surface area contributed by atoms with Crippen molar-refractivity contribution in [3.05, 3.63) is 11.1 Å². The highest BCUT2D eigenvalue weighted by Crippen LogP contribution is 2.45. The van der Waals surface area contributed by atoms with Crippen molar-refractivity contribution in [3.63, 3.8) is 0 Å². The van der Waals surface area contributed by atoms with E-state index in [4.69, 9.17) is 0 Å². The first-order valence-corrected chi connectivity index (χ1v) is 6.17. The molecule has 1 heteroatoms. The minimum absolute atomic E-state index is 0.398.